The second-order valence-corrected chi connectivity index (χ2v) is 8.03. The molecule has 1 spiro atoms. The fourth-order valence-corrected chi connectivity index (χ4v) is 5.03. The number of carbonyl (C=O) groups excluding carboxylic acids is 2. The molecule has 1 aliphatic carbocycles. The summed E-state index contributed by atoms with van der Waals surface area (Å²) in [5.74, 6) is 0.881. The summed E-state index contributed by atoms with van der Waals surface area (Å²) >= 11 is 0. The minimum Gasteiger partial charge on any atom is -0.441 e. The van der Waals surface area contributed by atoms with Crippen LogP contribution in [0.4, 0.5) is 9.59 Å². The van der Waals surface area contributed by atoms with Crippen LogP contribution in [0.2, 0.25) is 0 Å². The van der Waals surface area contributed by atoms with E-state index in [4.69, 9.17) is 10.5 Å². The summed E-state index contributed by atoms with van der Waals surface area (Å²) in [6, 6.07) is 0.600. The SMILES string of the molecule is C/C(N)=N/C(=O)N1CC2CC(N3CCC4(CC3)CNC(=O)O4)CC1C2. The number of aliphatic imine (C=N–C) groups is 1. The molecule has 25 heavy (non-hydrogen) atoms. The third-order valence-electron chi connectivity index (χ3n) is 6.26. The third kappa shape index (κ3) is 3.19. The lowest BCUT2D eigenvalue weighted by Crippen LogP contribution is -2.51. The summed E-state index contributed by atoms with van der Waals surface area (Å²) < 4.78 is 5.51. The van der Waals surface area contributed by atoms with E-state index < -0.39 is 0 Å². The number of nitrogens with zero attached hydrogens (tertiary/aromatic N) is 3. The fourth-order valence-electron chi connectivity index (χ4n) is 5.03. The number of alkyl carbamates (subject to hydrolysis) is 1. The van der Waals surface area contributed by atoms with Gasteiger partial charge in [0, 0.05) is 44.6 Å². The van der Waals surface area contributed by atoms with E-state index in [-0.39, 0.29) is 23.8 Å². The summed E-state index contributed by atoms with van der Waals surface area (Å²) in [6.45, 7) is 4.99. The lowest BCUT2D eigenvalue weighted by atomic mass is 9.83. The Kier molecular flexibility index (Phi) is 4.10. The molecule has 8 heteroatoms. The molecule has 138 valence electrons. The molecular formula is C17H27N5O3. The van der Waals surface area contributed by atoms with Crippen molar-refractivity contribution in [2.45, 2.75) is 56.7 Å². The predicted octanol–water partition coefficient (Wildman–Crippen LogP) is 0.911. The maximum atomic E-state index is 12.3. The first-order valence-electron chi connectivity index (χ1n) is 9.26. The zero-order valence-electron chi connectivity index (χ0n) is 14.7. The number of amides is 3. The number of nitrogens with two attached hydrogens (primary N) is 1. The van der Waals surface area contributed by atoms with Crippen molar-refractivity contribution in [1.82, 2.24) is 15.1 Å². The number of likely N-dealkylation sites (tertiary alicyclic amines) is 2. The second-order valence-electron chi connectivity index (χ2n) is 8.03. The van der Waals surface area contributed by atoms with E-state index in [1.54, 1.807) is 6.92 Å². The number of ether oxygens (including phenoxy) is 1. The Balaban J connectivity index is 1.36. The lowest BCUT2D eigenvalue weighted by Gasteiger charge is -2.43. The first-order chi connectivity index (χ1) is 11.9. The summed E-state index contributed by atoms with van der Waals surface area (Å²) in [5, 5.41) is 2.79. The van der Waals surface area contributed by atoms with Crippen molar-refractivity contribution in [1.29, 1.82) is 0 Å². The summed E-state index contributed by atoms with van der Waals surface area (Å²) in [6.07, 6.45) is 4.71. The van der Waals surface area contributed by atoms with Crippen molar-refractivity contribution < 1.29 is 14.3 Å². The normalized spacial score (nSPS) is 34.9. The molecule has 3 N–H and O–H groups in total. The lowest BCUT2D eigenvalue weighted by molar-refractivity contribution is -0.0166. The summed E-state index contributed by atoms with van der Waals surface area (Å²) in [5.41, 5.74) is 5.27. The van der Waals surface area contributed by atoms with Crippen LogP contribution in [0.25, 0.3) is 0 Å². The average molecular weight is 349 g/mol. The van der Waals surface area contributed by atoms with Crippen LogP contribution in [0.15, 0.2) is 4.99 Å². The molecule has 8 nitrogen and oxygen atoms in total. The molecule has 3 heterocycles. The van der Waals surface area contributed by atoms with Crippen LogP contribution in [0.5, 0.6) is 0 Å². The van der Waals surface area contributed by atoms with Gasteiger partial charge in [-0.15, -0.1) is 0 Å². The van der Waals surface area contributed by atoms with Crippen molar-refractivity contribution in [3.05, 3.63) is 0 Å². The van der Waals surface area contributed by atoms with Crippen LogP contribution >= 0.6 is 0 Å². The molecule has 4 aliphatic rings. The van der Waals surface area contributed by atoms with Gasteiger partial charge in [0.05, 0.1) is 6.54 Å². The van der Waals surface area contributed by atoms with Gasteiger partial charge >= 0.3 is 12.1 Å². The molecule has 3 aliphatic heterocycles. The Labute approximate surface area is 147 Å². The molecular weight excluding hydrogens is 322 g/mol. The quantitative estimate of drug-likeness (QED) is 0.541. The van der Waals surface area contributed by atoms with Gasteiger partial charge in [-0.3, -0.25) is 4.90 Å². The second kappa shape index (κ2) is 6.16. The van der Waals surface area contributed by atoms with Crippen LogP contribution < -0.4 is 11.1 Å². The van der Waals surface area contributed by atoms with Crippen LogP contribution in [0.1, 0.15) is 39.0 Å². The maximum Gasteiger partial charge on any atom is 0.407 e. The molecule has 3 amide bonds. The van der Waals surface area contributed by atoms with Crippen molar-refractivity contribution in [3.63, 3.8) is 0 Å². The number of hydrogen-bond donors (Lipinski definition) is 2. The molecule has 3 atom stereocenters. The first-order valence-corrected chi connectivity index (χ1v) is 9.26. The van der Waals surface area contributed by atoms with Gasteiger partial charge in [-0.1, -0.05) is 0 Å². The fraction of sp³-hybridized carbons (Fsp3) is 0.824. The highest BCUT2D eigenvalue weighted by atomic mass is 16.6. The third-order valence-corrected chi connectivity index (χ3v) is 6.26. The molecule has 0 aromatic heterocycles. The highest BCUT2D eigenvalue weighted by Crippen LogP contribution is 2.40. The minimum absolute atomic E-state index is 0.185. The van der Waals surface area contributed by atoms with E-state index in [0.29, 0.717) is 24.3 Å². The van der Waals surface area contributed by atoms with Gasteiger partial charge in [0.2, 0.25) is 0 Å². The van der Waals surface area contributed by atoms with Crippen molar-refractivity contribution >= 4 is 18.0 Å². The van der Waals surface area contributed by atoms with Gasteiger partial charge in [-0.05, 0) is 32.1 Å². The smallest absolute Gasteiger partial charge is 0.407 e. The molecule has 4 fully saturated rings. The Morgan fingerprint density at radius 3 is 2.64 bits per heavy atom. The monoisotopic (exact) mass is 349 g/mol. The van der Waals surface area contributed by atoms with E-state index in [2.05, 4.69) is 15.2 Å². The minimum atomic E-state index is -0.295. The molecule has 0 aromatic carbocycles. The van der Waals surface area contributed by atoms with E-state index >= 15 is 0 Å². The largest absolute Gasteiger partial charge is 0.441 e. The van der Waals surface area contributed by atoms with Gasteiger partial charge in [-0.25, -0.2) is 9.59 Å². The zero-order valence-corrected chi connectivity index (χ0v) is 14.7. The number of urea groups is 1. The maximum absolute atomic E-state index is 12.3. The average Bonchev–Trinajstić information content (AvgIpc) is 3.07. The molecule has 4 rings (SSSR count). The number of carbonyl (C=O) groups is 2. The standard InChI is InChI=1S/C17H27N5O3/c1-11(18)20-15(23)22-9-12-6-13(8-14(22)7-12)21-4-2-17(3-5-21)10-19-16(24)25-17/h12-14H,2-10H2,1H3,(H,19,24)(H2,18,20,23). The molecule has 3 unspecified atom stereocenters. The van der Waals surface area contributed by atoms with E-state index in [1.165, 1.54) is 0 Å². The summed E-state index contributed by atoms with van der Waals surface area (Å²) in [7, 11) is 0. The van der Waals surface area contributed by atoms with Crippen molar-refractivity contribution in [2.75, 3.05) is 26.2 Å². The van der Waals surface area contributed by atoms with Gasteiger partial charge in [0.15, 0.2) is 0 Å². The number of fused-ring (bicyclic) bond motifs is 2. The van der Waals surface area contributed by atoms with E-state index in [0.717, 1.165) is 51.7 Å². The Morgan fingerprint density at radius 1 is 1.28 bits per heavy atom. The van der Waals surface area contributed by atoms with E-state index in [1.807, 2.05) is 4.90 Å². The number of hydrogen-bond acceptors (Lipinski definition) is 4. The molecule has 2 bridgehead atoms. The predicted molar refractivity (Wildman–Crippen MR) is 92.3 cm³/mol. The van der Waals surface area contributed by atoms with Gasteiger partial charge in [0.25, 0.3) is 0 Å². The Morgan fingerprint density at radius 2 is 2.00 bits per heavy atom. The number of rotatable bonds is 1. The first kappa shape index (κ1) is 16.6. The van der Waals surface area contributed by atoms with Crippen LogP contribution in [-0.2, 0) is 4.74 Å². The topological polar surface area (TPSA) is 100 Å². The van der Waals surface area contributed by atoms with Crippen LogP contribution in [0, 0.1) is 5.92 Å². The highest BCUT2D eigenvalue weighted by Gasteiger charge is 2.47. The zero-order chi connectivity index (χ0) is 17.6. The molecule has 0 radical (unpaired) electrons. The molecule has 0 aromatic rings. The van der Waals surface area contributed by atoms with Crippen LogP contribution in [-0.4, -0.2) is 71.6 Å². The Hall–Kier alpha value is -1.83. The van der Waals surface area contributed by atoms with Gasteiger partial charge in [-0.2, -0.15) is 4.99 Å². The number of piperidine rings is 1. The Bertz CT molecular complexity index is 595. The number of nitrogens with one attached hydrogen (secondary N) is 1. The van der Waals surface area contributed by atoms with Crippen LogP contribution in [0.3, 0.4) is 0 Å². The molecule has 3 saturated heterocycles. The molecule has 1 saturated carbocycles. The highest BCUT2D eigenvalue weighted by molar-refractivity contribution is 5.91. The van der Waals surface area contributed by atoms with Gasteiger partial charge < -0.3 is 20.7 Å². The van der Waals surface area contributed by atoms with Gasteiger partial charge in [0.1, 0.15) is 11.4 Å². The van der Waals surface area contributed by atoms with Crippen molar-refractivity contribution in [3.8, 4) is 0 Å². The van der Waals surface area contributed by atoms with Crippen molar-refractivity contribution in [2.24, 2.45) is 16.6 Å². The summed E-state index contributed by atoms with van der Waals surface area (Å²) in [4.78, 5) is 32.0. The number of amidine groups is 1. The van der Waals surface area contributed by atoms with E-state index in [9.17, 15) is 9.59 Å².